The van der Waals surface area contributed by atoms with Gasteiger partial charge in [-0.25, -0.2) is 4.98 Å². The molecular weight excluding hydrogens is 389 g/mol. The largest absolute Gasteiger partial charge is 0.424 e. The Bertz CT molecular complexity index is 840. The van der Waals surface area contributed by atoms with Crippen LogP contribution in [0, 0.1) is 6.92 Å². The summed E-state index contributed by atoms with van der Waals surface area (Å²) in [6.07, 6.45) is -4.98. The zero-order valence-electron chi connectivity index (χ0n) is 13.7. The van der Waals surface area contributed by atoms with Crippen LogP contribution in [-0.4, -0.2) is 22.2 Å². The summed E-state index contributed by atoms with van der Waals surface area (Å²) in [6.45, 7) is 1.52. The number of thiazole rings is 1. The number of nitrogens with zero attached hydrogens (tertiary/aromatic N) is 1. The fraction of sp³-hybridized carbons (Fsp3) is 0.412. The fourth-order valence-electron chi connectivity index (χ4n) is 3.08. The molecule has 3 rings (SSSR count). The van der Waals surface area contributed by atoms with Crippen LogP contribution in [0.5, 0.6) is 0 Å². The first-order valence-corrected chi connectivity index (χ1v) is 9.16. The van der Waals surface area contributed by atoms with E-state index in [1.54, 1.807) is 18.2 Å². The normalized spacial score (nSPS) is 19.1. The number of rotatable bonds is 4. The van der Waals surface area contributed by atoms with Crippen molar-refractivity contribution in [1.82, 2.24) is 10.3 Å². The number of nitrogens with one attached hydrogen (secondary N) is 1. The Labute approximate surface area is 157 Å². The van der Waals surface area contributed by atoms with Gasteiger partial charge in [-0.15, -0.1) is 11.3 Å². The van der Waals surface area contributed by atoms with Crippen molar-refractivity contribution in [3.63, 3.8) is 0 Å². The van der Waals surface area contributed by atoms with Gasteiger partial charge in [-0.3, -0.25) is 4.79 Å². The molecule has 9 heteroatoms. The highest BCUT2D eigenvalue weighted by molar-refractivity contribution is 7.09. The van der Waals surface area contributed by atoms with E-state index >= 15 is 0 Å². The van der Waals surface area contributed by atoms with Gasteiger partial charge < -0.3 is 10.4 Å². The number of benzene rings is 1. The lowest BCUT2D eigenvalue weighted by atomic mass is 9.98. The minimum Gasteiger partial charge on any atom is -0.374 e. The minimum atomic E-state index is -5.02. The van der Waals surface area contributed by atoms with Crippen LogP contribution in [0.25, 0.3) is 0 Å². The van der Waals surface area contributed by atoms with Crippen LogP contribution in [-0.2, 0) is 16.8 Å². The van der Waals surface area contributed by atoms with E-state index < -0.39 is 35.2 Å². The highest BCUT2D eigenvalue weighted by Gasteiger charge is 2.58. The molecule has 1 aromatic heterocycles. The summed E-state index contributed by atoms with van der Waals surface area (Å²) in [5.41, 5.74) is -1.27. The summed E-state index contributed by atoms with van der Waals surface area (Å²) in [6, 6.07) is 4.83. The van der Waals surface area contributed by atoms with E-state index in [0.29, 0.717) is 34.9 Å². The topological polar surface area (TPSA) is 62.2 Å². The third kappa shape index (κ3) is 3.45. The van der Waals surface area contributed by atoms with E-state index in [2.05, 4.69) is 10.3 Å². The lowest BCUT2D eigenvalue weighted by Crippen LogP contribution is -2.46. The fourth-order valence-corrected chi connectivity index (χ4v) is 4.27. The van der Waals surface area contributed by atoms with Crippen molar-refractivity contribution in [3.8, 4) is 0 Å². The number of hydrogen-bond acceptors (Lipinski definition) is 4. The second-order valence-corrected chi connectivity index (χ2v) is 7.56. The summed E-state index contributed by atoms with van der Waals surface area (Å²) < 4.78 is 40.5. The molecule has 26 heavy (non-hydrogen) atoms. The molecule has 1 heterocycles. The number of carbonyl (C=O) groups is 1. The van der Waals surface area contributed by atoms with E-state index in [9.17, 15) is 23.1 Å². The maximum absolute atomic E-state index is 13.5. The standard InChI is InChI=1S/C17H16ClF3N2O2S/c1-9-8-26-15(22-9)16(25,17(19,20)21)7-14(24)23-13-6-5-10-11(13)3-2-4-12(10)18/h2-4,8,13,25H,5-7H2,1H3,(H,23,24)/t13-,16+/m0/s1. The number of carbonyl (C=O) groups excluding carboxylic acids is 1. The summed E-state index contributed by atoms with van der Waals surface area (Å²) in [7, 11) is 0. The number of aromatic nitrogens is 1. The molecule has 1 amide bonds. The van der Waals surface area contributed by atoms with E-state index in [1.165, 1.54) is 12.3 Å². The van der Waals surface area contributed by atoms with Crippen LogP contribution in [0.2, 0.25) is 5.02 Å². The number of aryl methyl sites for hydroxylation is 1. The lowest BCUT2D eigenvalue weighted by molar-refractivity contribution is -0.267. The van der Waals surface area contributed by atoms with Crippen molar-refractivity contribution >= 4 is 28.8 Å². The number of hydrogen-bond donors (Lipinski definition) is 2. The Morgan fingerprint density at radius 3 is 2.81 bits per heavy atom. The smallest absolute Gasteiger partial charge is 0.374 e. The Morgan fingerprint density at radius 1 is 1.46 bits per heavy atom. The third-order valence-corrected chi connectivity index (χ3v) is 5.87. The van der Waals surface area contributed by atoms with Gasteiger partial charge in [0.1, 0.15) is 5.01 Å². The molecule has 4 nitrogen and oxygen atoms in total. The Kier molecular flexibility index (Phi) is 5.02. The summed E-state index contributed by atoms with van der Waals surface area (Å²) in [5, 5.41) is 14.3. The number of amides is 1. The van der Waals surface area contributed by atoms with E-state index in [1.807, 2.05) is 0 Å². The molecule has 0 bridgehead atoms. The Hall–Kier alpha value is -1.64. The van der Waals surface area contributed by atoms with Crippen molar-refractivity contribution in [2.24, 2.45) is 0 Å². The van der Waals surface area contributed by atoms with Gasteiger partial charge in [0.2, 0.25) is 11.5 Å². The molecule has 0 saturated carbocycles. The van der Waals surface area contributed by atoms with Crippen molar-refractivity contribution in [2.45, 2.75) is 44.0 Å². The Balaban J connectivity index is 1.79. The summed E-state index contributed by atoms with van der Waals surface area (Å²) >= 11 is 6.79. The van der Waals surface area contributed by atoms with Crippen LogP contribution in [0.3, 0.4) is 0 Å². The average molecular weight is 405 g/mol. The van der Waals surface area contributed by atoms with Crippen molar-refractivity contribution in [2.75, 3.05) is 0 Å². The summed E-state index contributed by atoms with van der Waals surface area (Å²) in [5.74, 6) is -0.893. The highest BCUT2D eigenvalue weighted by Crippen LogP contribution is 2.43. The second kappa shape index (κ2) is 6.83. The van der Waals surface area contributed by atoms with E-state index in [-0.39, 0.29) is 0 Å². The molecular formula is C17H16ClF3N2O2S. The molecule has 0 aliphatic heterocycles. The first-order valence-electron chi connectivity index (χ1n) is 7.90. The van der Waals surface area contributed by atoms with Gasteiger partial charge in [-0.05, 0) is 37.0 Å². The monoisotopic (exact) mass is 404 g/mol. The van der Waals surface area contributed by atoms with E-state index in [0.717, 1.165) is 11.1 Å². The number of aliphatic hydroxyl groups is 1. The van der Waals surface area contributed by atoms with Crippen LogP contribution in [0.4, 0.5) is 13.2 Å². The molecule has 140 valence electrons. The van der Waals surface area contributed by atoms with Gasteiger partial charge in [0.15, 0.2) is 0 Å². The lowest BCUT2D eigenvalue weighted by Gasteiger charge is -2.28. The molecule has 0 radical (unpaired) electrons. The molecule has 1 aliphatic rings. The molecule has 2 N–H and O–H groups in total. The molecule has 0 saturated heterocycles. The molecule has 0 spiro atoms. The molecule has 0 unspecified atom stereocenters. The molecule has 1 aliphatic carbocycles. The van der Waals surface area contributed by atoms with Crippen LogP contribution < -0.4 is 5.32 Å². The predicted molar refractivity (Wildman–Crippen MR) is 92.1 cm³/mol. The maximum Gasteiger partial charge on any atom is 0.424 e. The second-order valence-electron chi connectivity index (χ2n) is 6.30. The van der Waals surface area contributed by atoms with Crippen molar-refractivity contribution in [3.05, 3.63) is 50.4 Å². The molecule has 1 aromatic carbocycles. The van der Waals surface area contributed by atoms with Gasteiger partial charge in [-0.1, -0.05) is 23.7 Å². The van der Waals surface area contributed by atoms with Crippen LogP contribution in [0.1, 0.15) is 40.7 Å². The summed E-state index contributed by atoms with van der Waals surface area (Å²) in [4.78, 5) is 16.0. The van der Waals surface area contributed by atoms with Gasteiger partial charge in [-0.2, -0.15) is 13.2 Å². The molecule has 2 aromatic rings. The maximum atomic E-state index is 13.5. The van der Waals surface area contributed by atoms with Crippen LogP contribution >= 0.6 is 22.9 Å². The first kappa shape index (κ1) is 19.1. The van der Waals surface area contributed by atoms with Gasteiger partial charge >= 0.3 is 6.18 Å². The SMILES string of the molecule is Cc1csc([C@](O)(CC(=O)N[C@H]2CCc3c(Cl)cccc32)C(F)(F)F)n1. The first-order chi connectivity index (χ1) is 12.1. The molecule has 0 fully saturated rings. The van der Waals surface area contributed by atoms with Crippen LogP contribution in [0.15, 0.2) is 23.6 Å². The van der Waals surface area contributed by atoms with Gasteiger partial charge in [0.05, 0.1) is 12.5 Å². The van der Waals surface area contributed by atoms with Crippen molar-refractivity contribution in [1.29, 1.82) is 0 Å². The average Bonchev–Trinajstić information content (AvgIpc) is 3.14. The Morgan fingerprint density at radius 2 is 2.19 bits per heavy atom. The number of alkyl halides is 3. The zero-order chi connectivity index (χ0) is 19.1. The third-order valence-electron chi connectivity index (χ3n) is 4.41. The highest BCUT2D eigenvalue weighted by atomic mass is 35.5. The predicted octanol–water partition coefficient (Wildman–Crippen LogP) is 4.05. The number of halogens is 4. The zero-order valence-corrected chi connectivity index (χ0v) is 15.3. The van der Waals surface area contributed by atoms with Gasteiger partial charge in [0.25, 0.3) is 0 Å². The van der Waals surface area contributed by atoms with Crippen molar-refractivity contribution < 1.29 is 23.1 Å². The van der Waals surface area contributed by atoms with E-state index in [4.69, 9.17) is 11.6 Å². The quantitative estimate of drug-likeness (QED) is 0.808. The molecule has 2 atom stereocenters. The van der Waals surface area contributed by atoms with Gasteiger partial charge in [0, 0.05) is 16.1 Å². The number of fused-ring (bicyclic) bond motifs is 1. The minimum absolute atomic E-state index is 0.354.